The topological polar surface area (TPSA) is 81.9 Å². The van der Waals surface area contributed by atoms with E-state index in [-0.39, 0.29) is 0 Å². The Balaban J connectivity index is 1.72. The monoisotopic (exact) mass is 440 g/mol. The van der Waals surface area contributed by atoms with Gasteiger partial charge in [-0.2, -0.15) is 0 Å². The average molecular weight is 440 g/mol. The zero-order chi connectivity index (χ0) is 23.3. The molecule has 33 heavy (non-hydrogen) atoms. The Kier molecular flexibility index (Phi) is 4.74. The number of hydrogen-bond donors (Lipinski definition) is 1. The minimum absolute atomic E-state index is 0.415. The summed E-state index contributed by atoms with van der Waals surface area (Å²) in [4.78, 5) is 27.3. The molecule has 2 aliphatic rings. The summed E-state index contributed by atoms with van der Waals surface area (Å²) in [5, 5.41) is 0. The molecule has 166 valence electrons. The molecule has 0 saturated carbocycles. The molecular formula is C27H24N2O4. The van der Waals surface area contributed by atoms with Crippen LogP contribution < -0.4 is 15.4 Å². The summed E-state index contributed by atoms with van der Waals surface area (Å²) < 4.78 is 11.7. The molecule has 3 aromatic carbocycles. The first kappa shape index (κ1) is 20.8. The Morgan fingerprint density at radius 3 is 2.33 bits per heavy atom. The lowest BCUT2D eigenvalue weighted by molar-refractivity contribution is -0.118. The lowest BCUT2D eigenvalue weighted by Crippen LogP contribution is -2.37. The number of carbonyl (C=O) groups is 2. The molecule has 0 saturated heterocycles. The van der Waals surface area contributed by atoms with Gasteiger partial charge in [-0.15, -0.1) is 0 Å². The highest BCUT2D eigenvalue weighted by atomic mass is 16.6. The van der Waals surface area contributed by atoms with Crippen molar-refractivity contribution >= 4 is 23.4 Å². The van der Waals surface area contributed by atoms with Gasteiger partial charge in [0.2, 0.25) is 5.91 Å². The normalized spacial score (nSPS) is 16.2. The maximum atomic E-state index is 13.4. The lowest BCUT2D eigenvalue weighted by Gasteiger charge is -2.33. The molecule has 1 aliphatic carbocycles. The van der Waals surface area contributed by atoms with Crippen LogP contribution in [-0.2, 0) is 9.53 Å². The van der Waals surface area contributed by atoms with Crippen LogP contribution in [0.2, 0.25) is 0 Å². The Labute approximate surface area is 192 Å². The van der Waals surface area contributed by atoms with Crippen molar-refractivity contribution in [2.75, 3.05) is 4.90 Å². The highest BCUT2D eigenvalue weighted by Crippen LogP contribution is 2.49. The molecule has 2 N–H and O–H groups in total. The van der Waals surface area contributed by atoms with Crippen molar-refractivity contribution in [1.29, 1.82) is 0 Å². The Morgan fingerprint density at radius 1 is 0.909 bits per heavy atom. The number of carbonyl (C=O) groups excluding carboxylic acids is 2. The van der Waals surface area contributed by atoms with Crippen LogP contribution in [0.5, 0.6) is 5.75 Å². The maximum absolute atomic E-state index is 13.4. The molecule has 0 radical (unpaired) electrons. The van der Waals surface area contributed by atoms with Crippen molar-refractivity contribution in [2.24, 2.45) is 5.73 Å². The van der Waals surface area contributed by atoms with Crippen molar-refractivity contribution in [3.8, 4) is 16.9 Å². The van der Waals surface area contributed by atoms with Crippen LogP contribution in [0.15, 0.2) is 73.0 Å². The summed E-state index contributed by atoms with van der Waals surface area (Å²) in [5.74, 6) is -0.416. The number of primary amides is 1. The third kappa shape index (κ3) is 3.44. The third-order valence-corrected chi connectivity index (χ3v) is 5.73. The van der Waals surface area contributed by atoms with Gasteiger partial charge in [0.1, 0.15) is 11.9 Å². The molecule has 1 atom stereocenters. The fourth-order valence-corrected chi connectivity index (χ4v) is 4.51. The first-order valence-corrected chi connectivity index (χ1v) is 10.8. The van der Waals surface area contributed by atoms with Crippen LogP contribution in [0.1, 0.15) is 43.4 Å². The van der Waals surface area contributed by atoms with E-state index in [0.29, 0.717) is 17.1 Å². The summed E-state index contributed by atoms with van der Waals surface area (Å²) in [6.45, 7) is 5.48. The SMILES string of the molecule is CC(C)(C)OC(=O)N1C(c2cccc3c2-c2ccccc2[C@H]3C(N)=O)=COc2ccccc21. The van der Waals surface area contributed by atoms with Crippen LogP contribution in [0.3, 0.4) is 0 Å². The van der Waals surface area contributed by atoms with Gasteiger partial charge in [0.05, 0.1) is 17.3 Å². The lowest BCUT2D eigenvalue weighted by atomic mass is 9.94. The van der Waals surface area contributed by atoms with Gasteiger partial charge >= 0.3 is 6.09 Å². The Hall–Kier alpha value is -4.06. The van der Waals surface area contributed by atoms with Crippen LogP contribution in [0.4, 0.5) is 10.5 Å². The third-order valence-electron chi connectivity index (χ3n) is 5.73. The second-order valence-corrected chi connectivity index (χ2v) is 9.10. The first-order valence-electron chi connectivity index (χ1n) is 10.8. The quantitative estimate of drug-likeness (QED) is 0.577. The number of benzene rings is 3. The Bertz CT molecular complexity index is 1320. The van der Waals surface area contributed by atoms with Crippen molar-refractivity contribution in [1.82, 2.24) is 0 Å². The fraction of sp³-hybridized carbons (Fsp3) is 0.185. The van der Waals surface area contributed by atoms with E-state index >= 15 is 0 Å². The zero-order valence-corrected chi connectivity index (χ0v) is 18.7. The summed E-state index contributed by atoms with van der Waals surface area (Å²) in [6, 6.07) is 20.7. The smallest absolute Gasteiger partial charge is 0.419 e. The van der Waals surface area contributed by atoms with E-state index in [1.807, 2.05) is 81.4 Å². The van der Waals surface area contributed by atoms with Crippen molar-refractivity contribution in [3.05, 3.63) is 89.7 Å². The summed E-state index contributed by atoms with van der Waals surface area (Å²) >= 11 is 0. The fourth-order valence-electron chi connectivity index (χ4n) is 4.51. The van der Waals surface area contributed by atoms with Crippen molar-refractivity contribution < 1.29 is 19.1 Å². The van der Waals surface area contributed by atoms with Crippen LogP contribution in [0.25, 0.3) is 16.8 Å². The molecule has 0 aromatic heterocycles. The molecule has 2 amide bonds. The van der Waals surface area contributed by atoms with E-state index in [1.165, 1.54) is 4.90 Å². The molecular weight excluding hydrogens is 416 g/mol. The predicted molar refractivity (Wildman–Crippen MR) is 127 cm³/mol. The van der Waals surface area contributed by atoms with Gasteiger partial charge in [-0.25, -0.2) is 9.69 Å². The number of nitrogens with zero attached hydrogens (tertiary/aromatic N) is 1. The van der Waals surface area contributed by atoms with Gasteiger partial charge in [0.15, 0.2) is 5.75 Å². The molecule has 0 spiro atoms. The molecule has 1 aliphatic heterocycles. The van der Waals surface area contributed by atoms with Crippen LogP contribution in [-0.4, -0.2) is 17.6 Å². The number of para-hydroxylation sites is 2. The number of rotatable bonds is 2. The zero-order valence-electron chi connectivity index (χ0n) is 18.7. The second kappa shape index (κ2) is 7.52. The Morgan fingerprint density at radius 2 is 1.58 bits per heavy atom. The van der Waals surface area contributed by atoms with Gasteiger partial charge in [0, 0.05) is 5.56 Å². The second-order valence-electron chi connectivity index (χ2n) is 9.10. The minimum atomic E-state index is -0.683. The van der Waals surface area contributed by atoms with Crippen molar-refractivity contribution in [2.45, 2.75) is 32.3 Å². The van der Waals surface area contributed by atoms with Crippen LogP contribution >= 0.6 is 0 Å². The molecule has 1 heterocycles. The summed E-state index contributed by atoms with van der Waals surface area (Å²) in [6.07, 6.45) is 1.04. The minimum Gasteiger partial charge on any atom is -0.461 e. The largest absolute Gasteiger partial charge is 0.461 e. The first-order chi connectivity index (χ1) is 15.8. The van der Waals surface area contributed by atoms with Gasteiger partial charge < -0.3 is 15.2 Å². The summed E-state index contributed by atoms with van der Waals surface area (Å²) in [5.41, 5.74) is 10.4. The molecule has 6 nitrogen and oxygen atoms in total. The van der Waals surface area contributed by atoms with E-state index < -0.39 is 23.5 Å². The molecule has 0 unspecified atom stereocenters. The predicted octanol–water partition coefficient (Wildman–Crippen LogP) is 5.42. The van der Waals surface area contributed by atoms with E-state index in [9.17, 15) is 9.59 Å². The molecule has 6 heteroatoms. The highest BCUT2D eigenvalue weighted by Gasteiger charge is 2.38. The highest BCUT2D eigenvalue weighted by molar-refractivity contribution is 6.08. The van der Waals surface area contributed by atoms with E-state index in [2.05, 4.69) is 0 Å². The maximum Gasteiger partial charge on any atom is 0.419 e. The summed E-state index contributed by atoms with van der Waals surface area (Å²) in [7, 11) is 0. The van der Waals surface area contributed by atoms with Gasteiger partial charge in [-0.05, 0) is 55.2 Å². The van der Waals surface area contributed by atoms with Gasteiger partial charge in [0.25, 0.3) is 0 Å². The average Bonchev–Trinajstić information content (AvgIpc) is 3.12. The molecule has 0 fully saturated rings. The molecule has 3 aromatic rings. The van der Waals surface area contributed by atoms with E-state index in [4.69, 9.17) is 15.2 Å². The van der Waals surface area contributed by atoms with E-state index in [0.717, 1.165) is 27.8 Å². The number of ether oxygens (including phenoxy) is 2. The van der Waals surface area contributed by atoms with Crippen LogP contribution in [0, 0.1) is 0 Å². The number of fused-ring (bicyclic) bond motifs is 4. The van der Waals surface area contributed by atoms with Gasteiger partial charge in [-0.1, -0.05) is 54.6 Å². The standard InChI is InChI=1S/C27H24N2O4/c1-27(2,3)33-26(31)29-20-13-6-7-14-22(20)32-15-21(29)18-11-8-12-19-23(18)16-9-4-5-10-17(16)24(19)25(28)30/h4-15,24H,1-3H3,(H2,28,30)/t24-/m1/s1. The number of amides is 2. The van der Waals surface area contributed by atoms with E-state index in [1.54, 1.807) is 12.3 Å². The number of anilines is 1. The molecule has 0 bridgehead atoms. The van der Waals surface area contributed by atoms with Crippen molar-refractivity contribution in [3.63, 3.8) is 0 Å². The van der Waals surface area contributed by atoms with Gasteiger partial charge in [-0.3, -0.25) is 4.79 Å². The number of hydrogen-bond acceptors (Lipinski definition) is 4. The molecule has 5 rings (SSSR count). The number of nitrogens with two attached hydrogens (primary N) is 1.